The molecule has 0 saturated carbocycles. The Bertz CT molecular complexity index is 710. The van der Waals surface area contributed by atoms with E-state index in [4.69, 9.17) is 0 Å². The average Bonchev–Trinajstić information content (AvgIpc) is 3.15. The van der Waals surface area contributed by atoms with Crippen LogP contribution in [-0.4, -0.2) is 20.7 Å². The molecular weight excluding hydrogens is 272 g/mol. The first-order valence-electron chi connectivity index (χ1n) is 8.00. The molecule has 1 N–H and O–H groups in total. The number of para-hydroxylation sites is 1. The molecule has 0 atom stereocenters. The highest BCUT2D eigenvalue weighted by atomic mass is 15.0. The van der Waals surface area contributed by atoms with Gasteiger partial charge in [0.1, 0.15) is 0 Å². The molecule has 116 valence electrons. The first kappa shape index (κ1) is 14.9. The third kappa shape index (κ3) is 3.22. The van der Waals surface area contributed by atoms with Gasteiger partial charge in [-0.15, -0.1) is 0 Å². The molecule has 0 amide bonds. The Kier molecular flexibility index (Phi) is 4.59. The standard InChI is InChI=1S/C18H24N4/c1-15(2)22-13-16(17-6-3-4-7-18(17)22)12-19-8-5-10-21-11-9-20-14-21/h3-4,6-7,9,11,13-15,19H,5,8,10,12H2,1-2H3. The van der Waals surface area contributed by atoms with Crippen LogP contribution in [-0.2, 0) is 13.1 Å². The highest BCUT2D eigenvalue weighted by molar-refractivity contribution is 5.84. The van der Waals surface area contributed by atoms with Crippen molar-refractivity contribution in [3.63, 3.8) is 0 Å². The number of aromatic nitrogens is 3. The second-order valence-electron chi connectivity index (χ2n) is 6.00. The van der Waals surface area contributed by atoms with Gasteiger partial charge in [-0.25, -0.2) is 4.98 Å². The van der Waals surface area contributed by atoms with Gasteiger partial charge < -0.3 is 14.5 Å². The van der Waals surface area contributed by atoms with Gasteiger partial charge in [0.25, 0.3) is 0 Å². The van der Waals surface area contributed by atoms with E-state index in [9.17, 15) is 0 Å². The summed E-state index contributed by atoms with van der Waals surface area (Å²) < 4.78 is 4.48. The maximum Gasteiger partial charge on any atom is 0.0945 e. The molecule has 1 aromatic carbocycles. The summed E-state index contributed by atoms with van der Waals surface area (Å²) >= 11 is 0. The summed E-state index contributed by atoms with van der Waals surface area (Å²) in [6.07, 6.45) is 9.11. The second-order valence-corrected chi connectivity index (χ2v) is 6.00. The van der Waals surface area contributed by atoms with Gasteiger partial charge in [0.15, 0.2) is 0 Å². The lowest BCUT2D eigenvalue weighted by atomic mass is 10.2. The minimum atomic E-state index is 0.486. The van der Waals surface area contributed by atoms with Crippen molar-refractivity contribution in [1.82, 2.24) is 19.4 Å². The molecule has 3 rings (SSSR count). The number of benzene rings is 1. The van der Waals surface area contributed by atoms with E-state index in [0.29, 0.717) is 6.04 Å². The van der Waals surface area contributed by atoms with Gasteiger partial charge >= 0.3 is 0 Å². The molecule has 0 spiro atoms. The molecule has 4 heteroatoms. The summed E-state index contributed by atoms with van der Waals surface area (Å²) in [4.78, 5) is 4.06. The number of rotatable bonds is 7. The molecule has 0 radical (unpaired) electrons. The number of imidazole rings is 1. The number of nitrogens with zero attached hydrogens (tertiary/aromatic N) is 3. The molecule has 2 aromatic heterocycles. The summed E-state index contributed by atoms with van der Waals surface area (Å²) in [5.41, 5.74) is 2.71. The van der Waals surface area contributed by atoms with E-state index < -0.39 is 0 Å². The number of aryl methyl sites for hydroxylation is 1. The van der Waals surface area contributed by atoms with Crippen molar-refractivity contribution in [3.05, 3.63) is 54.7 Å². The highest BCUT2D eigenvalue weighted by Crippen LogP contribution is 2.24. The van der Waals surface area contributed by atoms with Crippen LogP contribution in [0.4, 0.5) is 0 Å². The van der Waals surface area contributed by atoms with Crippen LogP contribution in [0.3, 0.4) is 0 Å². The molecule has 3 aromatic rings. The zero-order valence-electron chi connectivity index (χ0n) is 13.4. The van der Waals surface area contributed by atoms with Crippen LogP contribution in [0.2, 0.25) is 0 Å². The number of hydrogen-bond donors (Lipinski definition) is 1. The van der Waals surface area contributed by atoms with Crippen molar-refractivity contribution in [2.75, 3.05) is 6.54 Å². The smallest absolute Gasteiger partial charge is 0.0945 e. The van der Waals surface area contributed by atoms with Gasteiger partial charge in [0, 0.05) is 48.6 Å². The summed E-state index contributed by atoms with van der Waals surface area (Å²) in [5, 5.41) is 4.92. The minimum Gasteiger partial charge on any atom is -0.345 e. The van der Waals surface area contributed by atoms with Crippen molar-refractivity contribution in [2.45, 2.75) is 39.4 Å². The molecular formula is C18H24N4. The second kappa shape index (κ2) is 6.79. The van der Waals surface area contributed by atoms with E-state index in [1.807, 2.05) is 18.7 Å². The fourth-order valence-electron chi connectivity index (χ4n) is 2.87. The van der Waals surface area contributed by atoms with Crippen LogP contribution in [0.5, 0.6) is 0 Å². The molecule has 0 aliphatic rings. The Morgan fingerprint density at radius 3 is 2.86 bits per heavy atom. The van der Waals surface area contributed by atoms with E-state index in [1.54, 1.807) is 0 Å². The SMILES string of the molecule is CC(C)n1cc(CNCCCn2ccnc2)c2ccccc21. The van der Waals surface area contributed by atoms with Crippen LogP contribution in [0.1, 0.15) is 31.9 Å². The molecule has 0 aliphatic carbocycles. The van der Waals surface area contributed by atoms with Gasteiger partial charge in [0.05, 0.1) is 6.33 Å². The van der Waals surface area contributed by atoms with E-state index >= 15 is 0 Å². The Balaban J connectivity index is 1.59. The Morgan fingerprint density at radius 2 is 2.09 bits per heavy atom. The van der Waals surface area contributed by atoms with Crippen molar-refractivity contribution in [3.8, 4) is 0 Å². The lowest BCUT2D eigenvalue weighted by molar-refractivity contribution is 0.578. The van der Waals surface area contributed by atoms with Crippen molar-refractivity contribution >= 4 is 10.9 Å². The van der Waals surface area contributed by atoms with Crippen molar-refractivity contribution in [2.24, 2.45) is 0 Å². The maximum absolute atomic E-state index is 4.06. The molecule has 22 heavy (non-hydrogen) atoms. The minimum absolute atomic E-state index is 0.486. The lowest BCUT2D eigenvalue weighted by Crippen LogP contribution is -2.16. The summed E-state index contributed by atoms with van der Waals surface area (Å²) in [6, 6.07) is 9.15. The summed E-state index contributed by atoms with van der Waals surface area (Å²) in [6.45, 7) is 7.41. The van der Waals surface area contributed by atoms with Crippen LogP contribution in [0.15, 0.2) is 49.2 Å². The monoisotopic (exact) mass is 296 g/mol. The van der Waals surface area contributed by atoms with Crippen molar-refractivity contribution in [1.29, 1.82) is 0 Å². The molecule has 0 aliphatic heterocycles. The topological polar surface area (TPSA) is 34.8 Å². The number of fused-ring (bicyclic) bond motifs is 1. The molecule has 2 heterocycles. The van der Waals surface area contributed by atoms with Crippen molar-refractivity contribution < 1.29 is 0 Å². The maximum atomic E-state index is 4.06. The molecule has 0 bridgehead atoms. The fourth-order valence-corrected chi connectivity index (χ4v) is 2.87. The van der Waals surface area contributed by atoms with Crippen LogP contribution in [0.25, 0.3) is 10.9 Å². The van der Waals surface area contributed by atoms with Crippen LogP contribution in [0, 0.1) is 0 Å². The van der Waals surface area contributed by atoms with E-state index in [1.165, 1.54) is 16.5 Å². The number of hydrogen-bond acceptors (Lipinski definition) is 2. The predicted molar refractivity (Wildman–Crippen MR) is 90.9 cm³/mol. The fraction of sp³-hybridized carbons (Fsp3) is 0.389. The molecule has 0 unspecified atom stereocenters. The van der Waals surface area contributed by atoms with Gasteiger partial charge in [-0.1, -0.05) is 18.2 Å². The highest BCUT2D eigenvalue weighted by Gasteiger charge is 2.09. The summed E-state index contributed by atoms with van der Waals surface area (Å²) in [7, 11) is 0. The average molecular weight is 296 g/mol. The zero-order valence-corrected chi connectivity index (χ0v) is 13.4. The van der Waals surface area contributed by atoms with Crippen LogP contribution < -0.4 is 5.32 Å². The lowest BCUT2D eigenvalue weighted by Gasteiger charge is -2.08. The first-order chi connectivity index (χ1) is 10.8. The quantitative estimate of drug-likeness (QED) is 0.676. The van der Waals surface area contributed by atoms with Gasteiger partial charge in [-0.2, -0.15) is 0 Å². The third-order valence-corrected chi connectivity index (χ3v) is 4.02. The third-order valence-electron chi connectivity index (χ3n) is 4.02. The Labute approximate surface area is 131 Å². The number of nitrogens with one attached hydrogen (secondary N) is 1. The largest absolute Gasteiger partial charge is 0.345 e. The summed E-state index contributed by atoms with van der Waals surface area (Å²) in [5.74, 6) is 0. The molecule has 0 fully saturated rings. The van der Waals surface area contributed by atoms with Gasteiger partial charge in [-0.3, -0.25) is 0 Å². The predicted octanol–water partition coefficient (Wildman–Crippen LogP) is 3.60. The Morgan fingerprint density at radius 1 is 1.23 bits per heavy atom. The first-order valence-corrected chi connectivity index (χ1v) is 8.00. The van der Waals surface area contributed by atoms with Gasteiger partial charge in [-0.05, 0) is 38.4 Å². The van der Waals surface area contributed by atoms with E-state index in [-0.39, 0.29) is 0 Å². The molecule has 0 saturated heterocycles. The van der Waals surface area contributed by atoms with E-state index in [2.05, 4.69) is 63.7 Å². The molecule has 4 nitrogen and oxygen atoms in total. The van der Waals surface area contributed by atoms with E-state index in [0.717, 1.165) is 26.1 Å². The normalized spacial score (nSPS) is 11.6. The zero-order chi connectivity index (χ0) is 15.4. The Hall–Kier alpha value is -2.07. The van der Waals surface area contributed by atoms with Gasteiger partial charge in [0.2, 0.25) is 0 Å². The van der Waals surface area contributed by atoms with Crippen LogP contribution >= 0.6 is 0 Å².